The van der Waals surface area contributed by atoms with Crippen LogP contribution in [0.2, 0.25) is 0 Å². The number of pyridine rings is 1. The lowest BCUT2D eigenvalue weighted by Crippen LogP contribution is -2.34. The Morgan fingerprint density at radius 1 is 1.50 bits per heavy atom. The van der Waals surface area contributed by atoms with E-state index in [1.54, 1.807) is 6.20 Å². The summed E-state index contributed by atoms with van der Waals surface area (Å²) in [5.74, 6) is -0.287. The number of likely N-dealkylation sites (N-methyl/N-ethyl adjacent to an activating group) is 1. The summed E-state index contributed by atoms with van der Waals surface area (Å²) in [5.41, 5.74) is 0.868. The molecule has 1 aromatic heterocycles. The van der Waals surface area contributed by atoms with Crippen LogP contribution in [-0.4, -0.2) is 24.6 Å². The summed E-state index contributed by atoms with van der Waals surface area (Å²) in [6.45, 7) is 3.61. The van der Waals surface area contributed by atoms with Crippen molar-refractivity contribution in [3.8, 4) is 0 Å². The Bertz CT molecular complexity index is 278. The van der Waals surface area contributed by atoms with Crippen LogP contribution in [0.4, 0.5) is 4.39 Å². The molecular formula is C10H16FN3. The molecule has 0 fully saturated rings. The lowest BCUT2D eigenvalue weighted by molar-refractivity contribution is 0.520. The van der Waals surface area contributed by atoms with Gasteiger partial charge in [0.05, 0.1) is 6.20 Å². The third-order valence-electron chi connectivity index (χ3n) is 1.93. The molecular weight excluding hydrogens is 181 g/mol. The summed E-state index contributed by atoms with van der Waals surface area (Å²) in [6, 6.07) is 1.86. The minimum absolute atomic E-state index is 0.287. The Kier molecular flexibility index (Phi) is 4.49. The van der Waals surface area contributed by atoms with Gasteiger partial charge in [0, 0.05) is 25.3 Å². The molecule has 0 radical (unpaired) electrons. The molecule has 1 heterocycles. The van der Waals surface area contributed by atoms with E-state index >= 15 is 0 Å². The molecule has 0 saturated heterocycles. The zero-order chi connectivity index (χ0) is 10.4. The van der Waals surface area contributed by atoms with Crippen LogP contribution in [0.1, 0.15) is 12.5 Å². The topological polar surface area (TPSA) is 37.0 Å². The summed E-state index contributed by atoms with van der Waals surface area (Å²) >= 11 is 0. The van der Waals surface area contributed by atoms with Crippen molar-refractivity contribution in [1.29, 1.82) is 0 Å². The summed E-state index contributed by atoms with van der Waals surface area (Å²) in [7, 11) is 1.90. The van der Waals surface area contributed by atoms with Crippen molar-refractivity contribution in [2.45, 2.75) is 19.5 Å². The van der Waals surface area contributed by atoms with E-state index in [2.05, 4.69) is 22.5 Å². The molecule has 0 bridgehead atoms. The minimum Gasteiger partial charge on any atom is -0.318 e. The molecule has 1 rings (SSSR count). The molecule has 2 N–H and O–H groups in total. The van der Waals surface area contributed by atoms with E-state index in [0.29, 0.717) is 12.6 Å². The van der Waals surface area contributed by atoms with Crippen LogP contribution >= 0.6 is 0 Å². The summed E-state index contributed by atoms with van der Waals surface area (Å²) in [5, 5.41) is 6.32. The summed E-state index contributed by atoms with van der Waals surface area (Å²) in [4.78, 5) is 3.78. The van der Waals surface area contributed by atoms with Crippen LogP contribution in [0.3, 0.4) is 0 Å². The molecule has 1 atom stereocenters. The highest BCUT2D eigenvalue weighted by atomic mass is 19.1. The third-order valence-corrected chi connectivity index (χ3v) is 1.93. The van der Waals surface area contributed by atoms with Crippen LogP contribution in [-0.2, 0) is 6.54 Å². The predicted octanol–water partition coefficient (Wildman–Crippen LogP) is 0.918. The van der Waals surface area contributed by atoms with E-state index in [9.17, 15) is 4.39 Å². The van der Waals surface area contributed by atoms with Gasteiger partial charge in [0.1, 0.15) is 5.82 Å². The van der Waals surface area contributed by atoms with Gasteiger partial charge in [0.2, 0.25) is 0 Å². The van der Waals surface area contributed by atoms with Crippen molar-refractivity contribution in [3.05, 3.63) is 29.8 Å². The Labute approximate surface area is 83.7 Å². The lowest BCUT2D eigenvalue weighted by Gasteiger charge is -2.12. The number of halogens is 1. The Morgan fingerprint density at radius 2 is 2.29 bits per heavy atom. The van der Waals surface area contributed by atoms with Gasteiger partial charge in [0.15, 0.2) is 0 Å². The average molecular weight is 197 g/mol. The smallest absolute Gasteiger partial charge is 0.141 e. The van der Waals surface area contributed by atoms with Gasteiger partial charge in [0.25, 0.3) is 0 Å². The standard InChI is InChI=1S/C10H16FN3/c1-8(4-12-2)14-6-9-3-10(11)7-13-5-9/h3,5,7-8,12,14H,4,6H2,1-2H3. The average Bonchev–Trinajstić information content (AvgIpc) is 2.15. The summed E-state index contributed by atoms with van der Waals surface area (Å²) < 4.78 is 12.7. The van der Waals surface area contributed by atoms with Gasteiger partial charge in [-0.2, -0.15) is 0 Å². The van der Waals surface area contributed by atoms with Crippen molar-refractivity contribution in [2.75, 3.05) is 13.6 Å². The first kappa shape index (κ1) is 11.1. The van der Waals surface area contributed by atoms with Crippen molar-refractivity contribution in [3.63, 3.8) is 0 Å². The zero-order valence-electron chi connectivity index (χ0n) is 8.55. The quantitative estimate of drug-likeness (QED) is 0.737. The lowest BCUT2D eigenvalue weighted by atomic mass is 10.2. The predicted molar refractivity (Wildman–Crippen MR) is 54.4 cm³/mol. The van der Waals surface area contributed by atoms with Gasteiger partial charge < -0.3 is 10.6 Å². The van der Waals surface area contributed by atoms with Gasteiger partial charge in [-0.1, -0.05) is 0 Å². The minimum atomic E-state index is -0.287. The van der Waals surface area contributed by atoms with Gasteiger partial charge in [-0.3, -0.25) is 4.98 Å². The number of nitrogens with zero attached hydrogens (tertiary/aromatic N) is 1. The van der Waals surface area contributed by atoms with E-state index in [1.807, 2.05) is 7.05 Å². The van der Waals surface area contributed by atoms with Crippen LogP contribution in [0.25, 0.3) is 0 Å². The van der Waals surface area contributed by atoms with E-state index in [1.165, 1.54) is 12.3 Å². The Balaban J connectivity index is 2.37. The summed E-state index contributed by atoms with van der Waals surface area (Å²) in [6.07, 6.45) is 2.88. The second-order valence-electron chi connectivity index (χ2n) is 3.35. The fraction of sp³-hybridized carbons (Fsp3) is 0.500. The first-order chi connectivity index (χ1) is 6.72. The number of hydrogen-bond donors (Lipinski definition) is 2. The molecule has 4 heteroatoms. The van der Waals surface area contributed by atoms with Crippen molar-refractivity contribution < 1.29 is 4.39 Å². The van der Waals surface area contributed by atoms with Gasteiger partial charge >= 0.3 is 0 Å². The molecule has 0 saturated carbocycles. The monoisotopic (exact) mass is 197 g/mol. The molecule has 14 heavy (non-hydrogen) atoms. The van der Waals surface area contributed by atoms with Gasteiger partial charge in [-0.15, -0.1) is 0 Å². The molecule has 1 unspecified atom stereocenters. The second-order valence-corrected chi connectivity index (χ2v) is 3.35. The molecule has 3 nitrogen and oxygen atoms in total. The second kappa shape index (κ2) is 5.67. The highest BCUT2D eigenvalue weighted by molar-refractivity contribution is 5.09. The van der Waals surface area contributed by atoms with Crippen LogP contribution in [0.5, 0.6) is 0 Å². The first-order valence-corrected chi connectivity index (χ1v) is 4.70. The molecule has 0 aliphatic rings. The SMILES string of the molecule is CNCC(C)NCc1cncc(F)c1. The fourth-order valence-electron chi connectivity index (χ4n) is 1.22. The fourth-order valence-corrected chi connectivity index (χ4v) is 1.22. The molecule has 0 aliphatic heterocycles. The molecule has 0 spiro atoms. The van der Waals surface area contributed by atoms with Gasteiger partial charge in [-0.05, 0) is 25.6 Å². The number of rotatable bonds is 5. The van der Waals surface area contributed by atoms with E-state index in [0.717, 1.165) is 12.1 Å². The largest absolute Gasteiger partial charge is 0.318 e. The van der Waals surface area contributed by atoms with E-state index < -0.39 is 0 Å². The number of hydrogen-bond acceptors (Lipinski definition) is 3. The first-order valence-electron chi connectivity index (χ1n) is 4.70. The molecule has 1 aromatic rings. The highest BCUT2D eigenvalue weighted by Crippen LogP contribution is 2.00. The maximum atomic E-state index is 12.7. The van der Waals surface area contributed by atoms with E-state index in [4.69, 9.17) is 0 Å². The normalized spacial score (nSPS) is 12.8. The van der Waals surface area contributed by atoms with Gasteiger partial charge in [-0.25, -0.2) is 4.39 Å². The Hall–Kier alpha value is -1.00. The van der Waals surface area contributed by atoms with E-state index in [-0.39, 0.29) is 5.82 Å². The number of nitrogens with one attached hydrogen (secondary N) is 2. The van der Waals surface area contributed by atoms with Crippen LogP contribution < -0.4 is 10.6 Å². The molecule has 0 aliphatic carbocycles. The zero-order valence-corrected chi connectivity index (χ0v) is 8.55. The van der Waals surface area contributed by atoms with Crippen molar-refractivity contribution >= 4 is 0 Å². The van der Waals surface area contributed by atoms with Crippen LogP contribution in [0.15, 0.2) is 18.5 Å². The molecule has 78 valence electrons. The molecule has 0 aromatic carbocycles. The Morgan fingerprint density at radius 3 is 2.93 bits per heavy atom. The van der Waals surface area contributed by atoms with Crippen molar-refractivity contribution in [1.82, 2.24) is 15.6 Å². The maximum Gasteiger partial charge on any atom is 0.141 e. The van der Waals surface area contributed by atoms with Crippen LogP contribution in [0, 0.1) is 5.82 Å². The van der Waals surface area contributed by atoms with Crippen molar-refractivity contribution in [2.24, 2.45) is 0 Å². The molecule has 0 amide bonds. The number of aromatic nitrogens is 1. The highest BCUT2D eigenvalue weighted by Gasteiger charge is 2.00. The maximum absolute atomic E-state index is 12.7. The third kappa shape index (κ3) is 3.81.